The minimum atomic E-state index is 0.463. The molecule has 1 heterocycles. The molecule has 2 aromatic rings. The van der Waals surface area contributed by atoms with Crippen molar-refractivity contribution in [1.82, 2.24) is 9.55 Å². The topological polar surface area (TPSA) is 62.3 Å². The third-order valence-corrected chi connectivity index (χ3v) is 2.59. The highest BCUT2D eigenvalue weighted by Crippen LogP contribution is 2.32. The second-order valence-corrected chi connectivity index (χ2v) is 3.66. The van der Waals surface area contributed by atoms with Crippen LogP contribution in [0.25, 0.3) is 11.3 Å². The molecule has 0 radical (unpaired) electrons. The fourth-order valence-corrected chi connectivity index (χ4v) is 1.62. The molecular formula is C12H15N3O2. The van der Waals surface area contributed by atoms with Crippen molar-refractivity contribution in [2.45, 2.75) is 0 Å². The summed E-state index contributed by atoms with van der Waals surface area (Å²) in [4.78, 5) is 4.27. The van der Waals surface area contributed by atoms with Gasteiger partial charge in [-0.3, -0.25) is 0 Å². The Bertz CT molecular complexity index is 515. The van der Waals surface area contributed by atoms with E-state index in [4.69, 9.17) is 15.2 Å². The SMILES string of the molecule is COc1ccc(OC)c(-c2cn(C)c(N)n2)c1. The Hall–Kier alpha value is -2.17. The van der Waals surface area contributed by atoms with Crippen LogP contribution in [0.2, 0.25) is 0 Å². The molecule has 0 amide bonds. The van der Waals surface area contributed by atoms with E-state index in [2.05, 4.69) is 4.98 Å². The summed E-state index contributed by atoms with van der Waals surface area (Å²) in [7, 11) is 5.09. The monoisotopic (exact) mass is 233 g/mol. The van der Waals surface area contributed by atoms with Crippen LogP contribution < -0.4 is 15.2 Å². The van der Waals surface area contributed by atoms with Gasteiger partial charge in [0.15, 0.2) is 5.95 Å². The molecule has 0 aliphatic heterocycles. The van der Waals surface area contributed by atoms with E-state index in [-0.39, 0.29) is 0 Å². The van der Waals surface area contributed by atoms with Crippen molar-refractivity contribution in [1.29, 1.82) is 0 Å². The molecule has 0 atom stereocenters. The van der Waals surface area contributed by atoms with Crippen LogP contribution in [0.1, 0.15) is 0 Å². The number of benzene rings is 1. The Morgan fingerprint density at radius 1 is 1.24 bits per heavy atom. The summed E-state index contributed by atoms with van der Waals surface area (Å²) < 4.78 is 12.3. The number of aryl methyl sites for hydroxylation is 1. The Morgan fingerprint density at radius 2 is 2.00 bits per heavy atom. The average Bonchev–Trinajstić information content (AvgIpc) is 2.68. The highest BCUT2D eigenvalue weighted by Gasteiger charge is 2.11. The summed E-state index contributed by atoms with van der Waals surface area (Å²) in [5.74, 6) is 1.96. The van der Waals surface area contributed by atoms with E-state index >= 15 is 0 Å². The summed E-state index contributed by atoms with van der Waals surface area (Å²) in [6.07, 6.45) is 1.85. The number of imidazole rings is 1. The van der Waals surface area contributed by atoms with Crippen molar-refractivity contribution in [3.63, 3.8) is 0 Å². The number of rotatable bonds is 3. The molecule has 5 nitrogen and oxygen atoms in total. The number of hydrogen-bond donors (Lipinski definition) is 1. The zero-order chi connectivity index (χ0) is 12.4. The molecule has 0 bridgehead atoms. The zero-order valence-electron chi connectivity index (χ0n) is 10.1. The lowest BCUT2D eigenvalue weighted by atomic mass is 10.1. The van der Waals surface area contributed by atoms with Crippen molar-refractivity contribution >= 4 is 5.95 Å². The molecule has 90 valence electrons. The van der Waals surface area contributed by atoms with E-state index in [0.717, 1.165) is 22.8 Å². The van der Waals surface area contributed by atoms with Crippen LogP contribution in [0.15, 0.2) is 24.4 Å². The molecule has 0 spiro atoms. The van der Waals surface area contributed by atoms with E-state index in [9.17, 15) is 0 Å². The molecule has 0 aliphatic carbocycles. The first-order valence-electron chi connectivity index (χ1n) is 5.17. The largest absolute Gasteiger partial charge is 0.497 e. The van der Waals surface area contributed by atoms with E-state index in [1.807, 2.05) is 31.4 Å². The van der Waals surface area contributed by atoms with Gasteiger partial charge in [-0.2, -0.15) is 0 Å². The Morgan fingerprint density at radius 3 is 2.53 bits per heavy atom. The van der Waals surface area contributed by atoms with Gasteiger partial charge in [-0.25, -0.2) is 4.98 Å². The second kappa shape index (κ2) is 4.37. The maximum Gasteiger partial charge on any atom is 0.200 e. The van der Waals surface area contributed by atoms with Crippen LogP contribution in [0.4, 0.5) is 5.95 Å². The average molecular weight is 233 g/mol. The number of anilines is 1. The molecule has 0 unspecified atom stereocenters. The minimum Gasteiger partial charge on any atom is -0.497 e. The zero-order valence-corrected chi connectivity index (χ0v) is 10.1. The number of ether oxygens (including phenoxy) is 2. The van der Waals surface area contributed by atoms with Crippen LogP contribution in [0.3, 0.4) is 0 Å². The predicted octanol–water partition coefficient (Wildman–Crippen LogP) is 1.69. The highest BCUT2D eigenvalue weighted by atomic mass is 16.5. The van der Waals surface area contributed by atoms with Crippen LogP contribution >= 0.6 is 0 Å². The van der Waals surface area contributed by atoms with Gasteiger partial charge in [-0.1, -0.05) is 0 Å². The Labute approximate surface area is 99.8 Å². The van der Waals surface area contributed by atoms with Gasteiger partial charge in [0.05, 0.1) is 19.9 Å². The molecule has 1 aromatic carbocycles. The highest BCUT2D eigenvalue weighted by molar-refractivity contribution is 5.69. The van der Waals surface area contributed by atoms with Crippen molar-refractivity contribution < 1.29 is 9.47 Å². The molecule has 2 rings (SSSR count). The summed E-state index contributed by atoms with van der Waals surface area (Å²) in [5.41, 5.74) is 7.34. The molecular weight excluding hydrogens is 218 g/mol. The molecule has 0 saturated heterocycles. The molecule has 0 fully saturated rings. The standard InChI is InChI=1S/C12H15N3O2/c1-15-7-10(14-12(15)13)9-6-8(16-2)4-5-11(9)17-3/h4-7H,1-3H3,(H2,13,14). The van der Waals surface area contributed by atoms with Gasteiger partial charge in [0.2, 0.25) is 0 Å². The van der Waals surface area contributed by atoms with Gasteiger partial charge in [-0.15, -0.1) is 0 Å². The van der Waals surface area contributed by atoms with E-state index < -0.39 is 0 Å². The lowest BCUT2D eigenvalue weighted by molar-refractivity contribution is 0.404. The molecule has 0 saturated carbocycles. The lowest BCUT2D eigenvalue weighted by Gasteiger charge is -2.08. The third-order valence-electron chi connectivity index (χ3n) is 2.59. The van der Waals surface area contributed by atoms with Gasteiger partial charge >= 0.3 is 0 Å². The van der Waals surface area contributed by atoms with Gasteiger partial charge in [-0.05, 0) is 18.2 Å². The predicted molar refractivity (Wildman–Crippen MR) is 66.2 cm³/mol. The number of nitrogens with zero attached hydrogens (tertiary/aromatic N) is 2. The maximum absolute atomic E-state index is 5.72. The smallest absolute Gasteiger partial charge is 0.200 e. The number of methoxy groups -OCH3 is 2. The quantitative estimate of drug-likeness (QED) is 0.876. The van der Waals surface area contributed by atoms with Crippen LogP contribution in [0, 0.1) is 0 Å². The van der Waals surface area contributed by atoms with Crippen LogP contribution in [0.5, 0.6) is 11.5 Å². The van der Waals surface area contributed by atoms with Crippen molar-refractivity contribution in [2.24, 2.45) is 7.05 Å². The minimum absolute atomic E-state index is 0.463. The summed E-state index contributed by atoms with van der Waals surface area (Å²) in [6.45, 7) is 0. The molecule has 2 N–H and O–H groups in total. The van der Waals surface area contributed by atoms with Crippen molar-refractivity contribution in [3.8, 4) is 22.8 Å². The molecule has 17 heavy (non-hydrogen) atoms. The van der Waals surface area contributed by atoms with Gasteiger partial charge < -0.3 is 19.8 Å². The normalized spacial score (nSPS) is 10.3. The van der Waals surface area contributed by atoms with Gasteiger partial charge in [0.25, 0.3) is 0 Å². The van der Waals surface area contributed by atoms with E-state index in [0.29, 0.717) is 5.95 Å². The fourth-order valence-electron chi connectivity index (χ4n) is 1.62. The fraction of sp³-hybridized carbons (Fsp3) is 0.250. The first-order valence-corrected chi connectivity index (χ1v) is 5.17. The number of nitrogen functional groups attached to an aromatic ring is 1. The first-order chi connectivity index (χ1) is 8.15. The van der Waals surface area contributed by atoms with E-state index in [1.54, 1.807) is 18.8 Å². The summed E-state index contributed by atoms with van der Waals surface area (Å²) in [5, 5.41) is 0. The third kappa shape index (κ3) is 2.04. The number of aromatic nitrogens is 2. The molecule has 1 aromatic heterocycles. The van der Waals surface area contributed by atoms with E-state index in [1.165, 1.54) is 0 Å². The number of hydrogen-bond acceptors (Lipinski definition) is 4. The Balaban J connectivity index is 2.55. The van der Waals surface area contributed by atoms with Crippen molar-refractivity contribution in [3.05, 3.63) is 24.4 Å². The number of nitrogens with two attached hydrogens (primary N) is 1. The second-order valence-electron chi connectivity index (χ2n) is 3.66. The lowest BCUT2D eigenvalue weighted by Crippen LogP contribution is -1.94. The molecule has 5 heteroatoms. The van der Waals surface area contributed by atoms with Crippen LogP contribution in [-0.4, -0.2) is 23.8 Å². The summed E-state index contributed by atoms with van der Waals surface area (Å²) in [6, 6.07) is 5.56. The maximum atomic E-state index is 5.72. The molecule has 0 aliphatic rings. The van der Waals surface area contributed by atoms with Gasteiger partial charge in [0, 0.05) is 18.8 Å². The van der Waals surface area contributed by atoms with Crippen LogP contribution in [-0.2, 0) is 7.05 Å². The van der Waals surface area contributed by atoms with Gasteiger partial charge in [0.1, 0.15) is 11.5 Å². The first kappa shape index (κ1) is 11.3. The van der Waals surface area contributed by atoms with Crippen molar-refractivity contribution in [2.75, 3.05) is 20.0 Å². The summed E-state index contributed by atoms with van der Waals surface area (Å²) >= 11 is 0. The Kier molecular flexibility index (Phi) is 2.91.